The molecule has 1 aliphatic rings. The number of halogens is 1. The predicted octanol–water partition coefficient (Wildman–Crippen LogP) is 7.08. The second kappa shape index (κ2) is 12.6. The number of non-ortho nitro benzene ring substituents is 1. The summed E-state index contributed by atoms with van der Waals surface area (Å²) in [7, 11) is 0. The second-order valence-electron chi connectivity index (χ2n) is 10.2. The number of rotatable bonds is 9. The van der Waals surface area contributed by atoms with Gasteiger partial charge in [0.25, 0.3) is 11.6 Å². The molecule has 4 unspecified atom stereocenters. The van der Waals surface area contributed by atoms with Crippen molar-refractivity contribution >= 4 is 57.3 Å². The smallest absolute Gasteiger partial charge is 0.269 e. The molecule has 222 valence electrons. The van der Waals surface area contributed by atoms with Gasteiger partial charge in [-0.05, 0) is 64.2 Å². The van der Waals surface area contributed by atoms with Crippen LogP contribution >= 0.6 is 34.0 Å². The fourth-order valence-electron chi connectivity index (χ4n) is 5.71. The summed E-state index contributed by atoms with van der Waals surface area (Å²) >= 11 is 4.04. The topological polar surface area (TPSA) is 110 Å². The zero-order valence-electron chi connectivity index (χ0n) is 22.9. The number of likely N-dealkylation sites (tertiary alicyclic amines) is 1. The largest absolute Gasteiger partial charge is 0.350 e. The number of thiophene rings is 3. The van der Waals surface area contributed by atoms with Crippen LogP contribution in [0.25, 0.3) is 0 Å². The van der Waals surface area contributed by atoms with E-state index in [-0.39, 0.29) is 29.5 Å². The van der Waals surface area contributed by atoms with Crippen molar-refractivity contribution in [2.24, 2.45) is 5.92 Å². The zero-order chi connectivity index (χ0) is 30.8. The third-order valence-electron chi connectivity index (χ3n) is 7.65. The molecule has 2 aromatic carbocycles. The number of carbonyl (C=O) groups excluding carboxylic acids is 3. The highest BCUT2D eigenvalue weighted by Gasteiger charge is 2.58. The Morgan fingerprint density at radius 1 is 0.841 bits per heavy atom. The minimum atomic E-state index is -1.07. The Bertz CT molecular complexity index is 1770. The standard InChI is InChI=1S/C32H24FN3O5S3/c33-21-11-7-19(8-12-21)18-34-31(38)29-26(23-4-1-15-42-23)27(30(37)20-9-13-22(14-10-20)36(40)41)28(24-5-2-16-43-24)35(29)32(39)25-6-3-17-44-25/h1-17,26-29H,18H2,(H,34,38). The van der Waals surface area contributed by atoms with Crippen LogP contribution in [0.15, 0.2) is 101 Å². The molecule has 0 radical (unpaired) electrons. The molecule has 0 bridgehead atoms. The van der Waals surface area contributed by atoms with Crippen molar-refractivity contribution in [2.45, 2.75) is 24.5 Å². The molecule has 1 N–H and O–H groups in total. The Kier molecular flexibility index (Phi) is 8.47. The molecule has 2 amide bonds. The monoisotopic (exact) mass is 645 g/mol. The van der Waals surface area contributed by atoms with E-state index >= 15 is 0 Å². The van der Waals surface area contributed by atoms with Gasteiger partial charge in [0, 0.05) is 39.9 Å². The fourth-order valence-corrected chi connectivity index (χ4v) is 8.15. The molecule has 6 rings (SSSR count). The highest BCUT2D eigenvalue weighted by molar-refractivity contribution is 7.12. The third kappa shape index (κ3) is 5.71. The number of nitro benzene ring substituents is 1. The summed E-state index contributed by atoms with van der Waals surface area (Å²) in [6, 6.07) is 20.1. The minimum Gasteiger partial charge on any atom is -0.350 e. The first-order chi connectivity index (χ1) is 21.3. The second-order valence-corrected chi connectivity index (χ2v) is 13.1. The Morgan fingerprint density at radius 3 is 2.07 bits per heavy atom. The van der Waals surface area contributed by atoms with E-state index in [1.807, 2.05) is 35.0 Å². The van der Waals surface area contributed by atoms with Crippen molar-refractivity contribution in [3.05, 3.63) is 143 Å². The Morgan fingerprint density at radius 2 is 1.48 bits per heavy atom. The Hall–Kier alpha value is -4.52. The zero-order valence-corrected chi connectivity index (χ0v) is 25.3. The van der Waals surface area contributed by atoms with Crippen LogP contribution in [0.2, 0.25) is 0 Å². The van der Waals surface area contributed by atoms with Gasteiger partial charge >= 0.3 is 0 Å². The fraction of sp³-hybridized carbons (Fsp3) is 0.156. The summed E-state index contributed by atoms with van der Waals surface area (Å²) in [4.78, 5) is 57.3. The van der Waals surface area contributed by atoms with Gasteiger partial charge in [0.1, 0.15) is 11.9 Å². The van der Waals surface area contributed by atoms with Crippen molar-refractivity contribution in [3.8, 4) is 0 Å². The maximum atomic E-state index is 14.5. The lowest BCUT2D eigenvalue weighted by Crippen LogP contribution is -2.48. The van der Waals surface area contributed by atoms with Gasteiger partial charge in [-0.1, -0.05) is 30.3 Å². The van der Waals surface area contributed by atoms with Gasteiger partial charge in [-0.25, -0.2) is 4.39 Å². The summed E-state index contributed by atoms with van der Waals surface area (Å²) in [5.74, 6) is -3.14. The molecule has 1 saturated heterocycles. The quantitative estimate of drug-likeness (QED) is 0.105. The van der Waals surface area contributed by atoms with Crippen LogP contribution in [0.4, 0.5) is 10.1 Å². The number of nitrogens with one attached hydrogen (secondary N) is 1. The van der Waals surface area contributed by atoms with Crippen LogP contribution < -0.4 is 5.32 Å². The molecule has 0 aliphatic carbocycles. The van der Waals surface area contributed by atoms with E-state index in [4.69, 9.17) is 0 Å². The van der Waals surface area contributed by atoms with Crippen LogP contribution in [0.1, 0.15) is 47.3 Å². The summed E-state index contributed by atoms with van der Waals surface area (Å²) in [5.41, 5.74) is 0.777. The summed E-state index contributed by atoms with van der Waals surface area (Å²) in [6.45, 7) is 0.0957. The maximum Gasteiger partial charge on any atom is 0.269 e. The molecule has 0 saturated carbocycles. The van der Waals surface area contributed by atoms with Gasteiger partial charge in [0.15, 0.2) is 5.78 Å². The highest BCUT2D eigenvalue weighted by atomic mass is 32.1. The first kappa shape index (κ1) is 29.5. The number of carbonyl (C=O) groups is 3. The Balaban J connectivity index is 1.49. The average Bonchev–Trinajstić information content (AvgIpc) is 3.86. The first-order valence-electron chi connectivity index (χ1n) is 13.6. The third-order valence-corrected chi connectivity index (χ3v) is 10.4. The number of amides is 2. The summed E-state index contributed by atoms with van der Waals surface area (Å²) in [6.07, 6.45) is 0. The van der Waals surface area contributed by atoms with E-state index in [0.29, 0.717) is 10.4 Å². The molecule has 8 nitrogen and oxygen atoms in total. The van der Waals surface area contributed by atoms with E-state index in [9.17, 15) is 28.9 Å². The molecule has 1 fully saturated rings. The minimum absolute atomic E-state index is 0.0957. The lowest BCUT2D eigenvalue weighted by atomic mass is 9.80. The van der Waals surface area contributed by atoms with Crippen LogP contribution in [-0.4, -0.2) is 33.5 Å². The molecule has 12 heteroatoms. The number of benzene rings is 2. The van der Waals surface area contributed by atoms with Gasteiger partial charge in [0.05, 0.1) is 21.8 Å². The molecular formula is C32H24FN3O5S3. The van der Waals surface area contributed by atoms with Gasteiger partial charge in [0.2, 0.25) is 5.91 Å². The van der Waals surface area contributed by atoms with Gasteiger partial charge < -0.3 is 10.2 Å². The van der Waals surface area contributed by atoms with E-state index in [1.54, 1.807) is 29.6 Å². The number of hydrogen-bond acceptors (Lipinski definition) is 8. The average molecular weight is 646 g/mol. The molecule has 1 aliphatic heterocycles. The lowest BCUT2D eigenvalue weighted by Gasteiger charge is -2.30. The van der Waals surface area contributed by atoms with Crippen LogP contribution in [0.5, 0.6) is 0 Å². The first-order valence-corrected chi connectivity index (χ1v) is 16.2. The number of ketones is 1. The number of nitrogens with zero attached hydrogens (tertiary/aromatic N) is 2. The van der Waals surface area contributed by atoms with E-state index < -0.39 is 40.6 Å². The van der Waals surface area contributed by atoms with Crippen molar-refractivity contribution < 1.29 is 23.7 Å². The highest BCUT2D eigenvalue weighted by Crippen LogP contribution is 2.53. The molecule has 44 heavy (non-hydrogen) atoms. The predicted molar refractivity (Wildman–Crippen MR) is 168 cm³/mol. The Labute approximate surface area is 263 Å². The van der Waals surface area contributed by atoms with Crippen LogP contribution in [0.3, 0.4) is 0 Å². The normalized spacial score (nSPS) is 19.5. The molecule has 4 heterocycles. The number of nitro groups is 1. The van der Waals surface area contributed by atoms with Crippen LogP contribution in [-0.2, 0) is 11.3 Å². The molecular weight excluding hydrogens is 622 g/mol. The molecule has 3 aromatic heterocycles. The molecule has 4 atom stereocenters. The van der Waals surface area contributed by atoms with Crippen molar-refractivity contribution in [3.63, 3.8) is 0 Å². The lowest BCUT2D eigenvalue weighted by molar-refractivity contribution is -0.384. The SMILES string of the molecule is O=C(c1ccc([N+](=O)[O-])cc1)C1C(c2cccs2)C(C(=O)NCc2ccc(F)cc2)N(C(=O)c2cccs2)C1c1cccs1. The maximum absolute atomic E-state index is 14.5. The van der Waals surface area contributed by atoms with Crippen molar-refractivity contribution in [2.75, 3.05) is 0 Å². The summed E-state index contributed by atoms with van der Waals surface area (Å²) in [5, 5.41) is 19.7. The van der Waals surface area contributed by atoms with Gasteiger partial charge in [-0.3, -0.25) is 24.5 Å². The van der Waals surface area contributed by atoms with Crippen molar-refractivity contribution in [1.29, 1.82) is 0 Å². The van der Waals surface area contributed by atoms with Crippen molar-refractivity contribution in [1.82, 2.24) is 10.2 Å². The van der Waals surface area contributed by atoms with Gasteiger partial charge in [-0.15, -0.1) is 34.0 Å². The van der Waals surface area contributed by atoms with Crippen LogP contribution in [0, 0.1) is 21.8 Å². The molecule has 5 aromatic rings. The number of hydrogen-bond donors (Lipinski definition) is 1. The van der Waals surface area contributed by atoms with Gasteiger partial charge in [-0.2, -0.15) is 0 Å². The van der Waals surface area contributed by atoms with E-state index in [2.05, 4.69) is 5.32 Å². The molecule has 0 spiro atoms. The van der Waals surface area contributed by atoms with E-state index in [1.165, 1.54) is 75.3 Å². The van der Waals surface area contributed by atoms with E-state index in [0.717, 1.165) is 9.75 Å². The summed E-state index contributed by atoms with van der Waals surface area (Å²) < 4.78 is 13.5. The number of Topliss-reactive ketones (excluding diaryl/α,β-unsaturated/α-hetero) is 1.